The fourth-order valence-electron chi connectivity index (χ4n) is 1.29. The Morgan fingerprint density at radius 3 is 2.55 bits per heavy atom. The molecular formula is C6H12N2O3. The quantitative estimate of drug-likeness (QED) is 0.417. The van der Waals surface area contributed by atoms with Crippen molar-refractivity contribution in [3.8, 4) is 0 Å². The van der Waals surface area contributed by atoms with E-state index in [2.05, 4.69) is 5.32 Å². The standard InChI is InChI=1S/C6H12N2O3/c9-6(5-8(10)11)1-3-7-4-2-6/h7,9H,1-5H2. The van der Waals surface area contributed by atoms with Crippen LogP contribution in [0.2, 0.25) is 0 Å². The molecule has 64 valence electrons. The lowest BCUT2D eigenvalue weighted by Crippen LogP contribution is -2.46. The summed E-state index contributed by atoms with van der Waals surface area (Å²) in [5.41, 5.74) is -1.06. The molecule has 0 saturated carbocycles. The number of nitrogens with one attached hydrogen (secondary N) is 1. The van der Waals surface area contributed by atoms with Gasteiger partial charge in [0.25, 0.3) is 0 Å². The third-order valence-electron chi connectivity index (χ3n) is 1.96. The van der Waals surface area contributed by atoms with Crippen molar-refractivity contribution in [2.45, 2.75) is 18.4 Å². The van der Waals surface area contributed by atoms with Gasteiger partial charge in [0.05, 0.1) is 0 Å². The van der Waals surface area contributed by atoms with Crippen LogP contribution in [0.5, 0.6) is 0 Å². The zero-order valence-electron chi connectivity index (χ0n) is 6.25. The number of aliphatic hydroxyl groups is 1. The van der Waals surface area contributed by atoms with Crippen molar-refractivity contribution in [3.05, 3.63) is 10.1 Å². The minimum atomic E-state index is -1.06. The van der Waals surface area contributed by atoms with Crippen LogP contribution in [-0.4, -0.2) is 35.3 Å². The average Bonchev–Trinajstić information content (AvgIpc) is 1.85. The van der Waals surface area contributed by atoms with E-state index in [0.717, 1.165) is 0 Å². The molecule has 0 aliphatic carbocycles. The van der Waals surface area contributed by atoms with E-state index in [-0.39, 0.29) is 6.54 Å². The molecule has 0 aromatic carbocycles. The molecular weight excluding hydrogens is 148 g/mol. The zero-order valence-corrected chi connectivity index (χ0v) is 6.25. The van der Waals surface area contributed by atoms with Gasteiger partial charge in [-0.2, -0.15) is 0 Å². The topological polar surface area (TPSA) is 75.4 Å². The Morgan fingerprint density at radius 1 is 1.55 bits per heavy atom. The molecule has 1 fully saturated rings. The molecule has 0 atom stereocenters. The van der Waals surface area contributed by atoms with Gasteiger partial charge in [0, 0.05) is 4.92 Å². The Kier molecular flexibility index (Phi) is 2.41. The third-order valence-corrected chi connectivity index (χ3v) is 1.96. The molecule has 1 rings (SSSR count). The SMILES string of the molecule is O=[N+]([O-])CC1(O)CCNCC1. The van der Waals surface area contributed by atoms with Crippen molar-refractivity contribution in [2.75, 3.05) is 19.6 Å². The lowest BCUT2D eigenvalue weighted by Gasteiger charge is -2.28. The first-order valence-electron chi connectivity index (χ1n) is 3.67. The molecule has 1 saturated heterocycles. The van der Waals surface area contributed by atoms with Crippen molar-refractivity contribution in [3.63, 3.8) is 0 Å². The molecule has 1 heterocycles. The molecule has 0 aromatic heterocycles. The average molecular weight is 160 g/mol. The molecule has 2 N–H and O–H groups in total. The molecule has 5 heteroatoms. The highest BCUT2D eigenvalue weighted by Gasteiger charge is 2.34. The van der Waals surface area contributed by atoms with E-state index in [4.69, 9.17) is 0 Å². The van der Waals surface area contributed by atoms with Gasteiger partial charge in [0.1, 0.15) is 5.60 Å². The molecule has 0 spiro atoms. The summed E-state index contributed by atoms with van der Waals surface area (Å²) in [4.78, 5) is 9.64. The summed E-state index contributed by atoms with van der Waals surface area (Å²) in [5, 5.41) is 22.7. The smallest absolute Gasteiger partial charge is 0.232 e. The normalized spacial score (nSPS) is 23.0. The summed E-state index contributed by atoms with van der Waals surface area (Å²) in [6, 6.07) is 0. The van der Waals surface area contributed by atoms with Gasteiger partial charge in [0.15, 0.2) is 0 Å². The maximum absolute atomic E-state index is 10.1. The number of nitro groups is 1. The molecule has 0 bridgehead atoms. The highest BCUT2D eigenvalue weighted by atomic mass is 16.6. The van der Waals surface area contributed by atoms with Crippen LogP contribution in [0.3, 0.4) is 0 Å². The highest BCUT2D eigenvalue weighted by Crippen LogP contribution is 2.17. The van der Waals surface area contributed by atoms with Gasteiger partial charge in [-0.15, -0.1) is 0 Å². The molecule has 0 radical (unpaired) electrons. The lowest BCUT2D eigenvalue weighted by molar-refractivity contribution is -0.501. The van der Waals surface area contributed by atoms with E-state index >= 15 is 0 Å². The van der Waals surface area contributed by atoms with Crippen LogP contribution < -0.4 is 5.32 Å². The van der Waals surface area contributed by atoms with E-state index < -0.39 is 10.5 Å². The second kappa shape index (κ2) is 3.15. The summed E-state index contributed by atoms with van der Waals surface area (Å²) < 4.78 is 0. The maximum Gasteiger partial charge on any atom is 0.232 e. The van der Waals surface area contributed by atoms with Crippen LogP contribution in [-0.2, 0) is 0 Å². The number of nitrogens with zero attached hydrogens (tertiary/aromatic N) is 1. The Morgan fingerprint density at radius 2 is 2.09 bits per heavy atom. The number of hydrogen-bond acceptors (Lipinski definition) is 4. The minimum absolute atomic E-state index is 0.325. The monoisotopic (exact) mass is 160 g/mol. The Labute approximate surface area is 64.6 Å². The molecule has 1 aliphatic heterocycles. The van der Waals surface area contributed by atoms with E-state index in [1.165, 1.54) is 0 Å². The van der Waals surface area contributed by atoms with Crippen molar-refractivity contribution in [1.82, 2.24) is 5.32 Å². The number of hydrogen-bond donors (Lipinski definition) is 2. The predicted molar refractivity (Wildman–Crippen MR) is 38.9 cm³/mol. The summed E-state index contributed by atoms with van der Waals surface area (Å²) in [5.74, 6) is 0. The molecule has 0 amide bonds. The maximum atomic E-state index is 10.1. The molecule has 1 aliphatic rings. The van der Waals surface area contributed by atoms with Crippen molar-refractivity contribution < 1.29 is 10.0 Å². The molecule has 11 heavy (non-hydrogen) atoms. The first-order chi connectivity index (χ1) is 5.12. The van der Waals surface area contributed by atoms with Crippen molar-refractivity contribution >= 4 is 0 Å². The van der Waals surface area contributed by atoms with Crippen LogP contribution in [0.15, 0.2) is 0 Å². The van der Waals surface area contributed by atoms with E-state index in [1.54, 1.807) is 0 Å². The minimum Gasteiger partial charge on any atom is -0.383 e. The van der Waals surface area contributed by atoms with Crippen molar-refractivity contribution in [2.24, 2.45) is 0 Å². The fraction of sp³-hybridized carbons (Fsp3) is 1.00. The van der Waals surface area contributed by atoms with Gasteiger partial charge in [0.2, 0.25) is 6.54 Å². The second-order valence-corrected chi connectivity index (χ2v) is 2.97. The highest BCUT2D eigenvalue weighted by molar-refractivity contribution is 4.83. The molecule has 5 nitrogen and oxygen atoms in total. The first kappa shape index (κ1) is 8.42. The fourth-order valence-corrected chi connectivity index (χ4v) is 1.29. The summed E-state index contributed by atoms with van der Waals surface area (Å²) >= 11 is 0. The van der Waals surface area contributed by atoms with E-state index in [9.17, 15) is 15.2 Å². The van der Waals surface area contributed by atoms with Gasteiger partial charge in [-0.1, -0.05) is 0 Å². The molecule has 0 unspecified atom stereocenters. The second-order valence-electron chi connectivity index (χ2n) is 2.97. The Bertz CT molecular complexity index is 154. The van der Waals surface area contributed by atoms with Gasteiger partial charge in [-0.05, 0) is 25.9 Å². The zero-order chi connectivity index (χ0) is 8.32. The number of rotatable bonds is 2. The lowest BCUT2D eigenvalue weighted by atomic mass is 9.93. The molecule has 0 aromatic rings. The van der Waals surface area contributed by atoms with Crippen molar-refractivity contribution in [1.29, 1.82) is 0 Å². The number of piperidine rings is 1. The third kappa shape index (κ3) is 2.44. The van der Waals surface area contributed by atoms with Crippen LogP contribution in [0.25, 0.3) is 0 Å². The predicted octanol–water partition coefficient (Wildman–Crippen LogP) is -0.622. The Balaban J connectivity index is 2.43. The van der Waals surface area contributed by atoms with E-state index in [1.807, 2.05) is 0 Å². The van der Waals surface area contributed by atoms with E-state index in [0.29, 0.717) is 25.9 Å². The van der Waals surface area contributed by atoms with Crippen LogP contribution in [0, 0.1) is 10.1 Å². The largest absolute Gasteiger partial charge is 0.383 e. The van der Waals surface area contributed by atoms with Gasteiger partial charge >= 0.3 is 0 Å². The van der Waals surface area contributed by atoms with Crippen LogP contribution in [0.1, 0.15) is 12.8 Å². The van der Waals surface area contributed by atoms with Gasteiger partial charge < -0.3 is 10.4 Å². The van der Waals surface area contributed by atoms with Gasteiger partial charge in [-0.25, -0.2) is 0 Å². The summed E-state index contributed by atoms with van der Waals surface area (Å²) in [6.45, 7) is 1.02. The Hall–Kier alpha value is -0.680. The first-order valence-corrected chi connectivity index (χ1v) is 3.67. The summed E-state index contributed by atoms with van der Waals surface area (Å²) in [6.07, 6.45) is 0.960. The van der Waals surface area contributed by atoms with Crippen LogP contribution in [0.4, 0.5) is 0 Å². The van der Waals surface area contributed by atoms with Crippen LogP contribution >= 0.6 is 0 Å². The summed E-state index contributed by atoms with van der Waals surface area (Å²) in [7, 11) is 0. The van der Waals surface area contributed by atoms with Gasteiger partial charge in [-0.3, -0.25) is 10.1 Å².